The molecule has 3 saturated carbocycles. The smallest absolute Gasteiger partial charge is 0.227 e. The molecular weight excluding hydrogens is 444 g/mol. The molecule has 7 rings (SSSR count). The zero-order chi connectivity index (χ0) is 21.6. The quantitative estimate of drug-likeness (QED) is 0.691. The molecule has 0 radical (unpaired) electrons. The van der Waals surface area contributed by atoms with Crippen LogP contribution in [0.15, 0.2) is 29.2 Å². The Morgan fingerprint density at radius 2 is 1.97 bits per heavy atom. The number of anilines is 2. The van der Waals surface area contributed by atoms with Gasteiger partial charge in [-0.3, -0.25) is 4.21 Å². The average Bonchev–Trinajstić information content (AvgIpc) is 3.19. The highest BCUT2D eigenvalue weighted by Crippen LogP contribution is 2.57. The van der Waals surface area contributed by atoms with Crippen LogP contribution < -0.4 is 10.2 Å². The zero-order valence-electron chi connectivity index (χ0n) is 17.8. The van der Waals surface area contributed by atoms with Crippen LogP contribution in [0.3, 0.4) is 0 Å². The fourth-order valence-corrected chi connectivity index (χ4v) is 8.39. The summed E-state index contributed by atoms with van der Waals surface area (Å²) in [5.74, 6) is 2.97. The molecule has 5 aliphatic rings. The second-order valence-corrected chi connectivity index (χ2v) is 12.4. The number of nitrogens with one attached hydrogen (secondary N) is 1. The van der Waals surface area contributed by atoms with Crippen molar-refractivity contribution in [2.45, 2.75) is 72.1 Å². The van der Waals surface area contributed by atoms with Gasteiger partial charge in [0.2, 0.25) is 5.95 Å². The Morgan fingerprint density at radius 1 is 1.16 bits per heavy atom. The van der Waals surface area contributed by atoms with E-state index in [0.717, 1.165) is 66.6 Å². The number of aliphatic hydroxyl groups excluding tert-OH is 1. The number of nitrogens with zero attached hydrogens (tertiary/aromatic N) is 3. The maximum Gasteiger partial charge on any atom is 0.227 e. The van der Waals surface area contributed by atoms with E-state index in [1.165, 1.54) is 5.56 Å². The first-order valence-corrected chi connectivity index (χ1v) is 13.4. The number of fused-ring (bicyclic) bond motifs is 5. The molecular formula is C24H27ClN4O2S. The molecule has 0 spiro atoms. The maximum atomic E-state index is 13.0. The summed E-state index contributed by atoms with van der Waals surface area (Å²) in [6, 6.07) is 8.75. The number of benzene rings is 1. The van der Waals surface area contributed by atoms with Crippen molar-refractivity contribution in [2.24, 2.45) is 5.92 Å². The minimum Gasteiger partial charge on any atom is -0.394 e. The van der Waals surface area contributed by atoms with Gasteiger partial charge in [0.05, 0.1) is 28.6 Å². The van der Waals surface area contributed by atoms with E-state index in [9.17, 15) is 9.32 Å². The first-order chi connectivity index (χ1) is 15.5. The molecule has 6 nitrogen and oxygen atoms in total. The zero-order valence-corrected chi connectivity index (χ0v) is 19.4. The number of aliphatic hydroxyl groups is 1. The van der Waals surface area contributed by atoms with E-state index >= 15 is 0 Å². The lowest BCUT2D eigenvalue weighted by atomic mass is 9.77. The van der Waals surface area contributed by atoms with Gasteiger partial charge in [0.1, 0.15) is 10.7 Å². The average molecular weight is 471 g/mol. The highest BCUT2D eigenvalue weighted by molar-refractivity contribution is 7.86. The summed E-state index contributed by atoms with van der Waals surface area (Å²) in [5, 5.41) is 14.5. The molecule has 8 heteroatoms. The standard InChI is InChI=1S/C24H27ClN4O2S/c25-15-4-2-13(3-5-15)17-9-16-8-14(17)11-29(16)23-26-20-18-10-19(18)32(31)21(20)22(27-23)28-24(12-30)6-1-7-24/h2-5,14,16-19,30H,1,6-12H2,(H,26,27,28)/t14?,16?,17?,18?,19?,32-/m0/s1. The van der Waals surface area contributed by atoms with E-state index < -0.39 is 10.8 Å². The van der Waals surface area contributed by atoms with Gasteiger partial charge in [-0.2, -0.15) is 4.98 Å². The summed E-state index contributed by atoms with van der Waals surface area (Å²) in [7, 11) is -1.04. The SMILES string of the molecule is O=[S@@]1c2c(NC3(CO)CCC3)nc(N3CC4CC3CC4c3ccc(Cl)cc3)nc2C2CC21. The van der Waals surface area contributed by atoms with Crippen molar-refractivity contribution in [3.05, 3.63) is 40.5 Å². The highest BCUT2D eigenvalue weighted by Gasteiger charge is 2.55. The molecule has 2 bridgehead atoms. The highest BCUT2D eigenvalue weighted by atomic mass is 35.5. The lowest BCUT2D eigenvalue weighted by Crippen LogP contribution is -2.49. The molecule has 4 fully saturated rings. The third kappa shape index (κ3) is 2.83. The Morgan fingerprint density at radius 3 is 2.62 bits per heavy atom. The lowest BCUT2D eigenvalue weighted by Gasteiger charge is -2.42. The normalized spacial score (nSPS) is 35.4. The van der Waals surface area contributed by atoms with Gasteiger partial charge in [0.25, 0.3) is 0 Å². The molecule has 32 heavy (non-hydrogen) atoms. The van der Waals surface area contributed by atoms with Crippen molar-refractivity contribution in [1.29, 1.82) is 0 Å². The predicted octanol–water partition coefficient (Wildman–Crippen LogP) is 3.82. The molecule has 5 unspecified atom stereocenters. The Hall–Kier alpha value is -1.70. The van der Waals surface area contributed by atoms with E-state index in [-0.39, 0.29) is 17.4 Å². The van der Waals surface area contributed by atoms with E-state index in [0.29, 0.717) is 29.6 Å². The molecule has 2 aliphatic heterocycles. The van der Waals surface area contributed by atoms with Crippen LogP contribution in [0.2, 0.25) is 5.02 Å². The molecule has 3 aliphatic carbocycles. The molecule has 1 saturated heterocycles. The maximum absolute atomic E-state index is 13.0. The number of aromatic nitrogens is 2. The van der Waals surface area contributed by atoms with Crippen LogP contribution in [0.4, 0.5) is 11.8 Å². The van der Waals surface area contributed by atoms with Crippen LogP contribution in [0.1, 0.15) is 61.6 Å². The largest absolute Gasteiger partial charge is 0.394 e. The van der Waals surface area contributed by atoms with Crippen LogP contribution in [0.5, 0.6) is 0 Å². The molecule has 1 aromatic carbocycles. The van der Waals surface area contributed by atoms with Crippen molar-refractivity contribution in [1.82, 2.24) is 9.97 Å². The Labute approximate surface area is 195 Å². The summed E-state index contributed by atoms with van der Waals surface area (Å²) in [5.41, 5.74) is 2.05. The van der Waals surface area contributed by atoms with Crippen molar-refractivity contribution >= 4 is 34.2 Å². The van der Waals surface area contributed by atoms with Crippen molar-refractivity contribution < 1.29 is 9.32 Å². The molecule has 2 aromatic rings. The van der Waals surface area contributed by atoms with Crippen LogP contribution in [0.25, 0.3) is 0 Å². The van der Waals surface area contributed by atoms with E-state index in [2.05, 4.69) is 22.3 Å². The second kappa shape index (κ2) is 6.90. The van der Waals surface area contributed by atoms with Gasteiger partial charge in [-0.25, -0.2) is 4.98 Å². The van der Waals surface area contributed by atoms with Gasteiger partial charge in [0, 0.05) is 28.8 Å². The van der Waals surface area contributed by atoms with Gasteiger partial charge < -0.3 is 15.3 Å². The molecule has 3 heterocycles. The van der Waals surface area contributed by atoms with Gasteiger partial charge in [-0.1, -0.05) is 23.7 Å². The van der Waals surface area contributed by atoms with E-state index in [1.54, 1.807) is 0 Å². The number of hydrogen-bond donors (Lipinski definition) is 2. The van der Waals surface area contributed by atoms with Gasteiger partial charge >= 0.3 is 0 Å². The van der Waals surface area contributed by atoms with E-state index in [4.69, 9.17) is 21.6 Å². The fraction of sp³-hybridized carbons (Fsp3) is 0.583. The van der Waals surface area contributed by atoms with Crippen LogP contribution >= 0.6 is 11.6 Å². The van der Waals surface area contributed by atoms with Crippen LogP contribution in [-0.2, 0) is 10.8 Å². The number of halogens is 1. The number of rotatable bonds is 5. The predicted molar refractivity (Wildman–Crippen MR) is 125 cm³/mol. The minimum absolute atomic E-state index is 0.0811. The third-order valence-corrected chi connectivity index (χ3v) is 10.7. The molecule has 1 aromatic heterocycles. The summed E-state index contributed by atoms with van der Waals surface area (Å²) < 4.78 is 13.0. The Bertz CT molecular complexity index is 1120. The number of piperidine rings is 1. The molecule has 6 atom stereocenters. The van der Waals surface area contributed by atoms with E-state index in [1.807, 2.05) is 12.1 Å². The van der Waals surface area contributed by atoms with Gasteiger partial charge in [-0.05, 0) is 68.1 Å². The second-order valence-electron chi connectivity index (χ2n) is 10.4. The van der Waals surface area contributed by atoms with Crippen molar-refractivity contribution in [2.75, 3.05) is 23.4 Å². The molecule has 2 N–H and O–H groups in total. The van der Waals surface area contributed by atoms with Gasteiger partial charge in [0.15, 0.2) is 0 Å². The third-order valence-electron chi connectivity index (χ3n) is 8.53. The first kappa shape index (κ1) is 19.7. The van der Waals surface area contributed by atoms with Crippen molar-refractivity contribution in [3.8, 4) is 0 Å². The monoisotopic (exact) mass is 470 g/mol. The molecule has 0 amide bonds. The van der Waals surface area contributed by atoms with Crippen molar-refractivity contribution in [3.63, 3.8) is 0 Å². The van der Waals surface area contributed by atoms with Gasteiger partial charge in [-0.15, -0.1) is 0 Å². The molecule has 168 valence electrons. The van der Waals surface area contributed by atoms with Crippen LogP contribution in [-0.4, -0.2) is 49.3 Å². The first-order valence-electron chi connectivity index (χ1n) is 11.8. The summed E-state index contributed by atoms with van der Waals surface area (Å²) in [6.07, 6.45) is 6.20. The van der Waals surface area contributed by atoms with Crippen LogP contribution in [0, 0.1) is 5.92 Å². The summed E-state index contributed by atoms with van der Waals surface area (Å²) >= 11 is 6.09. The Balaban J connectivity index is 1.20. The fourth-order valence-electron chi connectivity index (χ4n) is 6.46. The summed E-state index contributed by atoms with van der Waals surface area (Å²) in [4.78, 5) is 13.1. The topological polar surface area (TPSA) is 78.3 Å². The lowest BCUT2D eigenvalue weighted by molar-refractivity contribution is 0.143. The Kier molecular flexibility index (Phi) is 4.26. The number of hydrogen-bond acceptors (Lipinski definition) is 6. The summed E-state index contributed by atoms with van der Waals surface area (Å²) in [6.45, 7) is 1.04. The minimum atomic E-state index is -1.04.